The van der Waals surface area contributed by atoms with Gasteiger partial charge in [-0.1, -0.05) is 26.2 Å². The summed E-state index contributed by atoms with van der Waals surface area (Å²) in [7, 11) is 0. The van der Waals surface area contributed by atoms with Crippen molar-refractivity contribution in [2.24, 2.45) is 17.6 Å². The molecule has 0 heterocycles. The molecule has 0 radical (unpaired) electrons. The van der Waals surface area contributed by atoms with Crippen molar-refractivity contribution in [3.8, 4) is 0 Å². The number of rotatable bonds is 7. The summed E-state index contributed by atoms with van der Waals surface area (Å²) in [6.07, 6.45) is 7.05. The van der Waals surface area contributed by atoms with Crippen LogP contribution in [0.4, 0.5) is 0 Å². The molecule has 0 aromatic carbocycles. The van der Waals surface area contributed by atoms with Gasteiger partial charge in [0.15, 0.2) is 0 Å². The minimum Gasteiger partial charge on any atom is -0.396 e. The lowest BCUT2D eigenvalue weighted by molar-refractivity contribution is -0.126. The molecule has 1 rings (SSSR count). The van der Waals surface area contributed by atoms with E-state index < -0.39 is 0 Å². The maximum absolute atomic E-state index is 12.1. The summed E-state index contributed by atoms with van der Waals surface area (Å²) >= 11 is 0. The van der Waals surface area contributed by atoms with Crippen molar-refractivity contribution < 1.29 is 9.90 Å². The van der Waals surface area contributed by atoms with Crippen molar-refractivity contribution in [2.75, 3.05) is 13.2 Å². The lowest BCUT2D eigenvalue weighted by Gasteiger charge is -2.28. The third-order valence-corrected chi connectivity index (χ3v) is 3.96. The van der Waals surface area contributed by atoms with Gasteiger partial charge in [0, 0.05) is 19.2 Å². The fourth-order valence-electron chi connectivity index (χ4n) is 2.80. The molecule has 0 aromatic heterocycles. The van der Waals surface area contributed by atoms with Crippen LogP contribution < -0.4 is 11.1 Å². The standard InChI is InChI=1S/C14H28N2O2/c1-2-5-11(8-9-17)10-16-14(18)12-6-3-4-7-13(12)15/h11-13,17H,2-10,15H2,1H3,(H,16,18). The molecule has 4 N–H and O–H groups in total. The van der Waals surface area contributed by atoms with E-state index in [-0.39, 0.29) is 24.5 Å². The third-order valence-electron chi connectivity index (χ3n) is 3.96. The highest BCUT2D eigenvalue weighted by Gasteiger charge is 2.28. The third kappa shape index (κ3) is 4.94. The van der Waals surface area contributed by atoms with Crippen molar-refractivity contribution in [3.63, 3.8) is 0 Å². The summed E-state index contributed by atoms with van der Waals surface area (Å²) in [6, 6.07) is 0.0289. The zero-order chi connectivity index (χ0) is 13.4. The van der Waals surface area contributed by atoms with Gasteiger partial charge in [0.1, 0.15) is 0 Å². The molecule has 0 saturated heterocycles. The minimum absolute atomic E-state index is 0.00449. The van der Waals surface area contributed by atoms with E-state index in [2.05, 4.69) is 12.2 Å². The number of carbonyl (C=O) groups is 1. The molecular weight excluding hydrogens is 228 g/mol. The number of aliphatic hydroxyl groups excluding tert-OH is 1. The van der Waals surface area contributed by atoms with E-state index in [0.717, 1.165) is 44.9 Å². The van der Waals surface area contributed by atoms with Gasteiger partial charge in [-0.15, -0.1) is 0 Å². The maximum Gasteiger partial charge on any atom is 0.224 e. The highest BCUT2D eigenvalue weighted by atomic mass is 16.3. The number of nitrogens with two attached hydrogens (primary N) is 1. The van der Waals surface area contributed by atoms with Crippen LogP contribution >= 0.6 is 0 Å². The molecule has 1 fully saturated rings. The molecule has 1 amide bonds. The van der Waals surface area contributed by atoms with Crippen LogP contribution in [-0.4, -0.2) is 30.2 Å². The van der Waals surface area contributed by atoms with Gasteiger partial charge in [-0.25, -0.2) is 0 Å². The zero-order valence-electron chi connectivity index (χ0n) is 11.5. The topological polar surface area (TPSA) is 75.3 Å². The predicted molar refractivity (Wildman–Crippen MR) is 73.0 cm³/mol. The molecule has 18 heavy (non-hydrogen) atoms. The molecule has 0 spiro atoms. The fourth-order valence-corrected chi connectivity index (χ4v) is 2.80. The Morgan fingerprint density at radius 3 is 2.72 bits per heavy atom. The second kappa shape index (κ2) is 8.48. The van der Waals surface area contributed by atoms with Gasteiger partial charge in [0.25, 0.3) is 0 Å². The number of amides is 1. The summed E-state index contributed by atoms with van der Waals surface area (Å²) in [4.78, 5) is 12.1. The average Bonchev–Trinajstić information content (AvgIpc) is 2.36. The van der Waals surface area contributed by atoms with Gasteiger partial charge in [-0.05, 0) is 31.6 Å². The Kier molecular flexibility index (Phi) is 7.28. The van der Waals surface area contributed by atoms with Crippen molar-refractivity contribution in [1.29, 1.82) is 0 Å². The van der Waals surface area contributed by atoms with Gasteiger partial charge in [-0.2, -0.15) is 0 Å². The molecule has 0 bridgehead atoms. The molecular formula is C14H28N2O2. The average molecular weight is 256 g/mol. The highest BCUT2D eigenvalue weighted by Crippen LogP contribution is 2.23. The lowest BCUT2D eigenvalue weighted by Crippen LogP contribution is -2.44. The largest absolute Gasteiger partial charge is 0.396 e. The summed E-state index contributed by atoms with van der Waals surface area (Å²) in [5.41, 5.74) is 6.00. The normalized spacial score (nSPS) is 25.7. The molecule has 1 aliphatic rings. The summed E-state index contributed by atoms with van der Waals surface area (Å²) in [5, 5.41) is 12.0. The minimum atomic E-state index is -0.00449. The first-order valence-electron chi connectivity index (χ1n) is 7.33. The first kappa shape index (κ1) is 15.4. The van der Waals surface area contributed by atoms with E-state index >= 15 is 0 Å². The Morgan fingerprint density at radius 1 is 1.39 bits per heavy atom. The Hall–Kier alpha value is -0.610. The fraction of sp³-hybridized carbons (Fsp3) is 0.929. The van der Waals surface area contributed by atoms with Crippen molar-refractivity contribution >= 4 is 5.91 Å². The second-order valence-corrected chi connectivity index (χ2v) is 5.47. The van der Waals surface area contributed by atoms with Crippen molar-refractivity contribution in [1.82, 2.24) is 5.32 Å². The van der Waals surface area contributed by atoms with Crippen LogP contribution in [0.2, 0.25) is 0 Å². The van der Waals surface area contributed by atoms with Crippen LogP contribution in [-0.2, 0) is 4.79 Å². The van der Waals surface area contributed by atoms with Crippen LogP contribution in [0.1, 0.15) is 51.9 Å². The van der Waals surface area contributed by atoms with E-state index in [1.807, 2.05) is 0 Å². The first-order chi connectivity index (χ1) is 8.69. The van der Waals surface area contributed by atoms with Crippen LogP contribution in [0.3, 0.4) is 0 Å². The number of aliphatic hydroxyl groups is 1. The SMILES string of the molecule is CCCC(CCO)CNC(=O)C1CCCCC1N. The first-order valence-corrected chi connectivity index (χ1v) is 7.33. The number of carbonyl (C=O) groups excluding carboxylic acids is 1. The van der Waals surface area contributed by atoms with Crippen molar-refractivity contribution in [3.05, 3.63) is 0 Å². The molecule has 4 heteroatoms. The molecule has 3 unspecified atom stereocenters. The molecule has 4 nitrogen and oxygen atoms in total. The quantitative estimate of drug-likeness (QED) is 0.645. The van der Waals surface area contributed by atoms with Gasteiger partial charge in [0.05, 0.1) is 5.92 Å². The molecule has 0 aliphatic heterocycles. The van der Waals surface area contributed by atoms with E-state index in [1.54, 1.807) is 0 Å². The van der Waals surface area contributed by atoms with E-state index in [1.165, 1.54) is 0 Å². The molecule has 3 atom stereocenters. The summed E-state index contributed by atoms with van der Waals surface area (Å²) < 4.78 is 0. The van der Waals surface area contributed by atoms with Crippen molar-refractivity contribution in [2.45, 2.75) is 57.9 Å². The zero-order valence-corrected chi connectivity index (χ0v) is 11.5. The molecule has 106 valence electrons. The number of hydrogen-bond donors (Lipinski definition) is 3. The highest BCUT2D eigenvalue weighted by molar-refractivity contribution is 5.79. The maximum atomic E-state index is 12.1. The van der Waals surface area contributed by atoms with Gasteiger partial charge in [-0.3, -0.25) is 4.79 Å². The Morgan fingerprint density at radius 2 is 2.11 bits per heavy atom. The smallest absolute Gasteiger partial charge is 0.224 e. The lowest BCUT2D eigenvalue weighted by atomic mass is 9.84. The summed E-state index contributed by atoms with van der Waals surface area (Å²) in [5.74, 6) is 0.500. The van der Waals surface area contributed by atoms with Crippen LogP contribution in [0.25, 0.3) is 0 Å². The van der Waals surface area contributed by atoms with Gasteiger partial charge in [0.2, 0.25) is 5.91 Å². The van der Waals surface area contributed by atoms with Crippen LogP contribution in [0.5, 0.6) is 0 Å². The number of nitrogens with one attached hydrogen (secondary N) is 1. The Bertz CT molecular complexity index is 240. The monoisotopic (exact) mass is 256 g/mol. The number of hydrogen-bond acceptors (Lipinski definition) is 3. The molecule has 0 aromatic rings. The molecule has 1 saturated carbocycles. The van der Waals surface area contributed by atoms with Crippen LogP contribution in [0.15, 0.2) is 0 Å². The van der Waals surface area contributed by atoms with E-state index in [0.29, 0.717) is 12.5 Å². The summed E-state index contributed by atoms with van der Waals surface area (Å²) in [6.45, 7) is 3.00. The Balaban J connectivity index is 2.33. The molecule has 1 aliphatic carbocycles. The predicted octanol–water partition coefficient (Wildman–Crippen LogP) is 1.42. The second-order valence-electron chi connectivity index (χ2n) is 5.47. The van der Waals surface area contributed by atoms with E-state index in [4.69, 9.17) is 10.8 Å². The van der Waals surface area contributed by atoms with E-state index in [9.17, 15) is 4.79 Å². The Labute approximate surface area is 110 Å². The van der Waals surface area contributed by atoms with Gasteiger partial charge >= 0.3 is 0 Å². The van der Waals surface area contributed by atoms with Gasteiger partial charge < -0.3 is 16.2 Å². The van der Waals surface area contributed by atoms with Crippen LogP contribution in [0, 0.1) is 11.8 Å².